The first-order valence-corrected chi connectivity index (χ1v) is 9.03. The third kappa shape index (κ3) is 3.55. The van der Waals surface area contributed by atoms with Crippen molar-refractivity contribution in [1.29, 1.82) is 0 Å². The van der Waals surface area contributed by atoms with Crippen LogP contribution in [0.1, 0.15) is 28.3 Å². The van der Waals surface area contributed by atoms with Crippen molar-refractivity contribution in [1.82, 2.24) is 10.0 Å². The summed E-state index contributed by atoms with van der Waals surface area (Å²) in [4.78, 5) is 0. The van der Waals surface area contributed by atoms with Crippen LogP contribution in [-0.4, -0.2) is 14.2 Å². The lowest BCUT2D eigenvalue weighted by atomic mass is 10.0. The number of aryl methyl sites for hydroxylation is 1. The van der Waals surface area contributed by atoms with E-state index < -0.39 is 10.0 Å². The van der Waals surface area contributed by atoms with E-state index in [4.69, 9.17) is 0 Å². The molecule has 0 spiro atoms. The lowest BCUT2D eigenvalue weighted by molar-refractivity contribution is 0.559. The van der Waals surface area contributed by atoms with Crippen LogP contribution in [0.4, 0.5) is 0 Å². The van der Waals surface area contributed by atoms with Gasteiger partial charge in [0.1, 0.15) is 0 Å². The highest BCUT2D eigenvalue weighted by molar-refractivity contribution is 7.89. The molecule has 1 atom stereocenters. The fourth-order valence-electron chi connectivity index (χ4n) is 2.76. The van der Waals surface area contributed by atoms with Crippen molar-refractivity contribution >= 4 is 10.0 Å². The SMILES string of the molecule is Cc1ccc2c(c1)C(CS(=O)(=O)NCc1ccccc1)NC2. The Morgan fingerprint density at radius 3 is 2.73 bits per heavy atom. The zero-order chi connectivity index (χ0) is 15.6. The molecule has 0 radical (unpaired) electrons. The molecule has 0 aliphatic carbocycles. The van der Waals surface area contributed by atoms with Gasteiger partial charge in [0.05, 0.1) is 5.75 Å². The molecule has 1 aliphatic rings. The Hall–Kier alpha value is -1.69. The Labute approximate surface area is 131 Å². The van der Waals surface area contributed by atoms with Crippen LogP contribution in [0.3, 0.4) is 0 Å². The van der Waals surface area contributed by atoms with Crippen molar-refractivity contribution in [2.75, 3.05) is 5.75 Å². The zero-order valence-corrected chi connectivity index (χ0v) is 13.4. The van der Waals surface area contributed by atoms with E-state index in [1.807, 2.05) is 37.3 Å². The van der Waals surface area contributed by atoms with Crippen LogP contribution in [-0.2, 0) is 23.1 Å². The maximum absolute atomic E-state index is 12.3. The van der Waals surface area contributed by atoms with Gasteiger partial charge in [-0.2, -0.15) is 0 Å². The average Bonchev–Trinajstić information content (AvgIpc) is 2.88. The van der Waals surface area contributed by atoms with E-state index in [1.165, 1.54) is 5.56 Å². The molecule has 1 unspecified atom stereocenters. The van der Waals surface area contributed by atoms with Crippen LogP contribution in [0.5, 0.6) is 0 Å². The Kier molecular flexibility index (Phi) is 4.29. The summed E-state index contributed by atoms with van der Waals surface area (Å²) in [6, 6.07) is 15.6. The van der Waals surface area contributed by atoms with Crippen molar-refractivity contribution in [2.45, 2.75) is 26.1 Å². The zero-order valence-electron chi connectivity index (χ0n) is 12.5. The number of benzene rings is 2. The third-order valence-electron chi connectivity index (χ3n) is 3.94. The first-order valence-electron chi connectivity index (χ1n) is 7.37. The number of fused-ring (bicyclic) bond motifs is 1. The molecule has 116 valence electrons. The van der Waals surface area contributed by atoms with Crippen LogP contribution < -0.4 is 10.0 Å². The molecule has 2 N–H and O–H groups in total. The molecule has 0 fully saturated rings. The molecule has 2 aromatic rings. The molecule has 5 heteroatoms. The highest BCUT2D eigenvalue weighted by atomic mass is 32.2. The lowest BCUT2D eigenvalue weighted by Gasteiger charge is -2.14. The molecular formula is C17H20N2O2S. The number of sulfonamides is 1. The molecule has 0 bridgehead atoms. The summed E-state index contributed by atoms with van der Waals surface area (Å²) in [5.74, 6) is 0.0658. The lowest BCUT2D eigenvalue weighted by Crippen LogP contribution is -2.31. The average molecular weight is 316 g/mol. The Morgan fingerprint density at radius 2 is 1.95 bits per heavy atom. The van der Waals surface area contributed by atoms with Gasteiger partial charge < -0.3 is 5.32 Å². The number of hydrogen-bond acceptors (Lipinski definition) is 3. The Balaban J connectivity index is 1.67. The minimum Gasteiger partial charge on any atom is -0.305 e. The fourth-order valence-corrected chi connectivity index (χ4v) is 4.00. The van der Waals surface area contributed by atoms with E-state index in [2.05, 4.69) is 28.2 Å². The van der Waals surface area contributed by atoms with Gasteiger partial charge in [0.2, 0.25) is 10.0 Å². The van der Waals surface area contributed by atoms with Crippen LogP contribution in [0, 0.1) is 6.92 Å². The standard InChI is InChI=1S/C17H20N2O2S/c1-13-7-8-15-11-18-17(16(15)9-13)12-22(20,21)19-10-14-5-3-2-4-6-14/h2-9,17-19H,10-12H2,1H3. The summed E-state index contributed by atoms with van der Waals surface area (Å²) in [5.41, 5.74) is 4.41. The first-order chi connectivity index (χ1) is 10.5. The summed E-state index contributed by atoms with van der Waals surface area (Å²) < 4.78 is 27.3. The predicted molar refractivity (Wildman–Crippen MR) is 87.8 cm³/mol. The van der Waals surface area contributed by atoms with Gasteiger partial charge in [-0.3, -0.25) is 0 Å². The van der Waals surface area contributed by atoms with Gasteiger partial charge in [-0.1, -0.05) is 54.1 Å². The molecule has 1 heterocycles. The summed E-state index contributed by atoms with van der Waals surface area (Å²) in [6.45, 7) is 3.09. The van der Waals surface area contributed by atoms with Gasteiger partial charge in [-0.05, 0) is 23.6 Å². The van der Waals surface area contributed by atoms with Crippen LogP contribution in [0.25, 0.3) is 0 Å². The van der Waals surface area contributed by atoms with E-state index in [0.717, 1.165) is 23.2 Å². The minimum atomic E-state index is -3.33. The highest BCUT2D eigenvalue weighted by Crippen LogP contribution is 2.27. The summed E-state index contributed by atoms with van der Waals surface area (Å²) >= 11 is 0. The summed E-state index contributed by atoms with van der Waals surface area (Å²) in [6.07, 6.45) is 0. The van der Waals surface area contributed by atoms with Crippen LogP contribution in [0.2, 0.25) is 0 Å². The molecule has 0 saturated carbocycles. The second-order valence-electron chi connectivity index (χ2n) is 5.72. The molecule has 22 heavy (non-hydrogen) atoms. The molecule has 0 saturated heterocycles. The molecule has 4 nitrogen and oxygen atoms in total. The maximum atomic E-state index is 12.3. The highest BCUT2D eigenvalue weighted by Gasteiger charge is 2.26. The summed E-state index contributed by atoms with van der Waals surface area (Å²) in [7, 11) is -3.33. The van der Waals surface area contributed by atoms with Gasteiger partial charge >= 0.3 is 0 Å². The summed E-state index contributed by atoms with van der Waals surface area (Å²) in [5, 5.41) is 3.28. The molecular weight excluding hydrogens is 296 g/mol. The Morgan fingerprint density at radius 1 is 1.18 bits per heavy atom. The van der Waals surface area contributed by atoms with Crippen molar-refractivity contribution in [3.8, 4) is 0 Å². The normalized spacial score (nSPS) is 17.4. The molecule has 3 rings (SSSR count). The van der Waals surface area contributed by atoms with E-state index in [-0.39, 0.29) is 11.8 Å². The van der Waals surface area contributed by atoms with E-state index in [0.29, 0.717) is 6.54 Å². The molecule has 2 aromatic carbocycles. The minimum absolute atomic E-state index is 0.0658. The van der Waals surface area contributed by atoms with Gasteiger partial charge in [0.15, 0.2) is 0 Å². The van der Waals surface area contributed by atoms with Gasteiger partial charge in [-0.15, -0.1) is 0 Å². The van der Waals surface area contributed by atoms with Crippen molar-refractivity contribution in [2.24, 2.45) is 0 Å². The monoisotopic (exact) mass is 316 g/mol. The molecule has 0 aromatic heterocycles. The van der Waals surface area contributed by atoms with Gasteiger partial charge in [0.25, 0.3) is 0 Å². The maximum Gasteiger partial charge on any atom is 0.213 e. The fraction of sp³-hybridized carbons (Fsp3) is 0.294. The number of rotatable bonds is 5. The predicted octanol–water partition coefficient (Wildman–Crippen LogP) is 2.26. The van der Waals surface area contributed by atoms with E-state index in [9.17, 15) is 8.42 Å². The van der Waals surface area contributed by atoms with Crippen LogP contribution >= 0.6 is 0 Å². The van der Waals surface area contributed by atoms with E-state index >= 15 is 0 Å². The van der Waals surface area contributed by atoms with Gasteiger partial charge in [-0.25, -0.2) is 13.1 Å². The smallest absolute Gasteiger partial charge is 0.213 e. The molecule has 1 aliphatic heterocycles. The van der Waals surface area contributed by atoms with Crippen LogP contribution in [0.15, 0.2) is 48.5 Å². The number of nitrogens with one attached hydrogen (secondary N) is 2. The van der Waals surface area contributed by atoms with Gasteiger partial charge in [0, 0.05) is 19.1 Å². The largest absolute Gasteiger partial charge is 0.305 e. The quantitative estimate of drug-likeness (QED) is 0.889. The second-order valence-corrected chi connectivity index (χ2v) is 7.58. The second kappa shape index (κ2) is 6.20. The third-order valence-corrected chi connectivity index (χ3v) is 5.30. The van der Waals surface area contributed by atoms with Crippen molar-refractivity contribution in [3.63, 3.8) is 0 Å². The molecule has 0 amide bonds. The van der Waals surface area contributed by atoms with Crippen molar-refractivity contribution < 1.29 is 8.42 Å². The van der Waals surface area contributed by atoms with E-state index in [1.54, 1.807) is 0 Å². The first kappa shape index (κ1) is 15.2. The topological polar surface area (TPSA) is 58.2 Å². The van der Waals surface area contributed by atoms with Crippen molar-refractivity contribution in [3.05, 3.63) is 70.8 Å². The Bertz CT molecular complexity index is 757. The number of hydrogen-bond donors (Lipinski definition) is 2.